The lowest BCUT2D eigenvalue weighted by Crippen LogP contribution is -2.28. The Kier molecular flexibility index (Phi) is 6.28. The second-order valence-corrected chi connectivity index (χ2v) is 9.10. The van der Waals surface area contributed by atoms with Gasteiger partial charge in [0.05, 0.1) is 29.9 Å². The second kappa shape index (κ2) is 9.30. The minimum absolute atomic E-state index is 0.0422. The van der Waals surface area contributed by atoms with Gasteiger partial charge in [-0.05, 0) is 48.9 Å². The van der Waals surface area contributed by atoms with Gasteiger partial charge in [-0.25, -0.2) is 8.42 Å². The van der Waals surface area contributed by atoms with Gasteiger partial charge in [-0.15, -0.1) is 0 Å². The fourth-order valence-electron chi connectivity index (χ4n) is 3.53. The zero-order valence-corrected chi connectivity index (χ0v) is 19.0. The molecule has 1 amide bonds. The van der Waals surface area contributed by atoms with E-state index in [2.05, 4.69) is 15.0 Å². The summed E-state index contributed by atoms with van der Waals surface area (Å²) >= 11 is 0. The standard InChI is InChI=1S/C25H23N3O4S/c1-17(19-9-5-11-20(16-19)32-2)27-25(29)21-12-3-4-13-22(21)28-33(30,31)23-14-6-8-18-10-7-15-26-24(18)23/h3-17,28H,1-2H3,(H,27,29). The zero-order chi connectivity index (χ0) is 23.4. The lowest BCUT2D eigenvalue weighted by molar-refractivity contribution is 0.0940. The van der Waals surface area contributed by atoms with Gasteiger partial charge in [0.25, 0.3) is 15.9 Å². The van der Waals surface area contributed by atoms with Gasteiger partial charge in [-0.2, -0.15) is 0 Å². The number of carbonyl (C=O) groups excluding carboxylic acids is 1. The number of methoxy groups -OCH3 is 1. The van der Waals surface area contributed by atoms with E-state index in [1.807, 2.05) is 31.2 Å². The summed E-state index contributed by atoms with van der Waals surface area (Å²) in [6.07, 6.45) is 1.54. The lowest BCUT2D eigenvalue weighted by Gasteiger charge is -2.17. The highest BCUT2D eigenvalue weighted by Gasteiger charge is 2.22. The van der Waals surface area contributed by atoms with Gasteiger partial charge < -0.3 is 10.1 Å². The van der Waals surface area contributed by atoms with Gasteiger partial charge in [0.1, 0.15) is 10.6 Å². The Morgan fingerprint density at radius 1 is 0.970 bits per heavy atom. The number of para-hydroxylation sites is 2. The first kappa shape index (κ1) is 22.3. The molecule has 1 atom stereocenters. The third-order valence-electron chi connectivity index (χ3n) is 5.24. The third-order valence-corrected chi connectivity index (χ3v) is 6.64. The van der Waals surface area contributed by atoms with Crippen LogP contribution in [0.15, 0.2) is 90.0 Å². The van der Waals surface area contributed by atoms with Crippen molar-refractivity contribution in [1.29, 1.82) is 0 Å². The SMILES string of the molecule is COc1cccc(C(C)NC(=O)c2ccccc2NS(=O)(=O)c2cccc3cccnc23)c1. The number of nitrogens with zero attached hydrogens (tertiary/aromatic N) is 1. The van der Waals surface area contributed by atoms with Crippen molar-refractivity contribution in [2.24, 2.45) is 0 Å². The van der Waals surface area contributed by atoms with Crippen LogP contribution in [-0.2, 0) is 10.0 Å². The van der Waals surface area contributed by atoms with Crippen LogP contribution in [-0.4, -0.2) is 26.4 Å². The number of hydrogen-bond donors (Lipinski definition) is 2. The molecule has 8 heteroatoms. The molecule has 2 N–H and O–H groups in total. The molecule has 0 aliphatic rings. The molecule has 0 bridgehead atoms. The molecule has 0 aliphatic heterocycles. The molecular weight excluding hydrogens is 438 g/mol. The molecule has 168 valence electrons. The predicted octanol–water partition coefficient (Wildman–Crippen LogP) is 4.54. The maximum absolute atomic E-state index is 13.2. The zero-order valence-electron chi connectivity index (χ0n) is 18.1. The highest BCUT2D eigenvalue weighted by Crippen LogP contribution is 2.26. The summed E-state index contributed by atoms with van der Waals surface area (Å²) in [6.45, 7) is 1.85. The Morgan fingerprint density at radius 3 is 2.55 bits per heavy atom. The number of anilines is 1. The summed E-state index contributed by atoms with van der Waals surface area (Å²) in [4.78, 5) is 17.3. The molecule has 33 heavy (non-hydrogen) atoms. The number of ether oxygens (including phenoxy) is 1. The number of aromatic nitrogens is 1. The third kappa shape index (κ3) is 4.80. The Hall–Kier alpha value is -3.91. The molecule has 0 saturated heterocycles. The van der Waals surface area contributed by atoms with Crippen LogP contribution in [0.4, 0.5) is 5.69 Å². The van der Waals surface area contributed by atoms with Gasteiger partial charge in [-0.3, -0.25) is 14.5 Å². The van der Waals surface area contributed by atoms with Crippen LogP contribution in [0.5, 0.6) is 5.75 Å². The molecule has 1 heterocycles. The molecule has 1 aromatic heterocycles. The molecule has 4 aromatic rings. The highest BCUT2D eigenvalue weighted by atomic mass is 32.2. The van der Waals surface area contributed by atoms with E-state index in [1.54, 1.807) is 61.8 Å². The van der Waals surface area contributed by atoms with Crippen molar-refractivity contribution < 1.29 is 17.9 Å². The minimum Gasteiger partial charge on any atom is -0.497 e. The summed E-state index contributed by atoms with van der Waals surface area (Å²) < 4.78 is 34.2. The number of benzene rings is 3. The molecular formula is C25H23N3O4S. The molecule has 0 spiro atoms. The number of fused-ring (bicyclic) bond motifs is 1. The van der Waals surface area contributed by atoms with Crippen molar-refractivity contribution >= 4 is 32.5 Å². The van der Waals surface area contributed by atoms with Crippen molar-refractivity contribution in [1.82, 2.24) is 10.3 Å². The van der Waals surface area contributed by atoms with Crippen molar-refractivity contribution in [2.75, 3.05) is 11.8 Å². The van der Waals surface area contributed by atoms with Gasteiger partial charge in [0, 0.05) is 11.6 Å². The predicted molar refractivity (Wildman–Crippen MR) is 128 cm³/mol. The summed E-state index contributed by atoms with van der Waals surface area (Å²) in [5.74, 6) is 0.283. The summed E-state index contributed by atoms with van der Waals surface area (Å²) in [6, 6.07) is 22.0. The van der Waals surface area contributed by atoms with Gasteiger partial charge in [0.2, 0.25) is 0 Å². The fraction of sp³-hybridized carbons (Fsp3) is 0.120. The van der Waals surface area contributed by atoms with E-state index in [0.29, 0.717) is 16.7 Å². The lowest BCUT2D eigenvalue weighted by atomic mass is 10.1. The van der Waals surface area contributed by atoms with Crippen LogP contribution >= 0.6 is 0 Å². The van der Waals surface area contributed by atoms with Crippen LogP contribution < -0.4 is 14.8 Å². The average molecular weight is 462 g/mol. The van der Waals surface area contributed by atoms with E-state index < -0.39 is 15.9 Å². The van der Waals surface area contributed by atoms with Gasteiger partial charge in [-0.1, -0.05) is 42.5 Å². The van der Waals surface area contributed by atoms with Crippen LogP contribution in [0.1, 0.15) is 28.9 Å². The molecule has 0 fully saturated rings. The molecule has 0 saturated carbocycles. The second-order valence-electron chi connectivity index (χ2n) is 7.45. The summed E-state index contributed by atoms with van der Waals surface area (Å²) in [7, 11) is -2.42. The number of carbonyl (C=O) groups is 1. The van der Waals surface area contributed by atoms with Crippen molar-refractivity contribution in [3.63, 3.8) is 0 Å². The van der Waals surface area contributed by atoms with E-state index in [9.17, 15) is 13.2 Å². The van der Waals surface area contributed by atoms with E-state index >= 15 is 0 Å². The topological polar surface area (TPSA) is 97.4 Å². The molecule has 0 radical (unpaired) electrons. The Balaban J connectivity index is 1.61. The number of nitrogens with one attached hydrogen (secondary N) is 2. The number of sulfonamides is 1. The summed E-state index contributed by atoms with van der Waals surface area (Å²) in [5, 5.41) is 3.62. The molecule has 1 unspecified atom stereocenters. The smallest absolute Gasteiger partial charge is 0.264 e. The van der Waals surface area contributed by atoms with Crippen LogP contribution in [0, 0.1) is 0 Å². The fourth-order valence-corrected chi connectivity index (χ4v) is 4.79. The van der Waals surface area contributed by atoms with E-state index in [0.717, 1.165) is 5.56 Å². The first-order valence-corrected chi connectivity index (χ1v) is 11.8. The summed E-state index contributed by atoms with van der Waals surface area (Å²) in [5.41, 5.74) is 1.62. The first-order chi connectivity index (χ1) is 15.9. The molecule has 3 aromatic carbocycles. The van der Waals surface area contributed by atoms with E-state index in [-0.39, 0.29) is 22.2 Å². The highest BCUT2D eigenvalue weighted by molar-refractivity contribution is 7.93. The van der Waals surface area contributed by atoms with Gasteiger partial charge in [0.15, 0.2) is 0 Å². The van der Waals surface area contributed by atoms with Crippen LogP contribution in [0.2, 0.25) is 0 Å². The van der Waals surface area contributed by atoms with Crippen molar-refractivity contribution in [2.45, 2.75) is 17.9 Å². The maximum Gasteiger partial charge on any atom is 0.264 e. The monoisotopic (exact) mass is 461 g/mol. The Labute approximate surface area is 192 Å². The van der Waals surface area contributed by atoms with E-state index in [4.69, 9.17) is 4.74 Å². The Bertz CT molecular complexity index is 1410. The number of rotatable bonds is 7. The maximum atomic E-state index is 13.2. The largest absolute Gasteiger partial charge is 0.497 e. The number of pyridine rings is 1. The normalized spacial score (nSPS) is 12.2. The Morgan fingerprint density at radius 2 is 1.73 bits per heavy atom. The van der Waals surface area contributed by atoms with E-state index in [1.165, 1.54) is 6.07 Å². The quantitative estimate of drug-likeness (QED) is 0.421. The molecule has 7 nitrogen and oxygen atoms in total. The van der Waals surface area contributed by atoms with Crippen molar-refractivity contribution in [3.8, 4) is 5.75 Å². The number of amides is 1. The minimum atomic E-state index is -3.99. The van der Waals surface area contributed by atoms with Crippen LogP contribution in [0.25, 0.3) is 10.9 Å². The van der Waals surface area contributed by atoms with Crippen molar-refractivity contribution in [3.05, 3.63) is 96.2 Å². The number of hydrogen-bond acceptors (Lipinski definition) is 5. The van der Waals surface area contributed by atoms with Crippen LogP contribution in [0.3, 0.4) is 0 Å². The molecule has 4 rings (SSSR count). The average Bonchev–Trinajstić information content (AvgIpc) is 2.83. The van der Waals surface area contributed by atoms with Gasteiger partial charge >= 0.3 is 0 Å². The first-order valence-electron chi connectivity index (χ1n) is 10.3. The molecule has 0 aliphatic carbocycles.